The van der Waals surface area contributed by atoms with Crippen LogP contribution in [0.5, 0.6) is 0 Å². The molecule has 122 valence electrons. The molecule has 0 radical (unpaired) electrons. The molecule has 0 bridgehead atoms. The monoisotopic (exact) mass is 298 g/mol. The second kappa shape index (κ2) is 7.24. The van der Waals surface area contributed by atoms with Crippen molar-refractivity contribution in [2.75, 3.05) is 32.2 Å². The van der Waals surface area contributed by atoms with Crippen molar-refractivity contribution in [2.24, 2.45) is 7.05 Å². The van der Waals surface area contributed by atoms with E-state index in [0.29, 0.717) is 13.2 Å². The Morgan fingerprint density at radius 3 is 2.57 bits per heavy atom. The van der Waals surface area contributed by atoms with Gasteiger partial charge < -0.3 is 20.1 Å². The van der Waals surface area contributed by atoms with Crippen molar-refractivity contribution < 1.29 is 9.84 Å². The van der Waals surface area contributed by atoms with Crippen LogP contribution < -0.4 is 10.2 Å². The first-order chi connectivity index (χ1) is 9.65. The summed E-state index contributed by atoms with van der Waals surface area (Å²) >= 11 is 0. The van der Waals surface area contributed by atoms with E-state index in [1.165, 1.54) is 5.56 Å². The molecule has 6 nitrogen and oxygen atoms in total. The number of aryl methyl sites for hydroxylation is 2. The van der Waals surface area contributed by atoms with Crippen LogP contribution in [0.1, 0.15) is 32.0 Å². The third-order valence-corrected chi connectivity index (χ3v) is 3.31. The molecule has 0 amide bonds. The van der Waals surface area contributed by atoms with Gasteiger partial charge in [0.25, 0.3) is 0 Å². The van der Waals surface area contributed by atoms with Crippen molar-refractivity contribution in [1.82, 2.24) is 15.1 Å². The number of anilines is 1. The van der Waals surface area contributed by atoms with Crippen LogP contribution in [0.25, 0.3) is 0 Å². The Bertz CT molecular complexity index is 451. The van der Waals surface area contributed by atoms with Crippen molar-refractivity contribution in [3.8, 4) is 0 Å². The number of hydrogen-bond acceptors (Lipinski definition) is 5. The standard InChI is InChI=1S/C15H30N4O2/c1-11-13(8-16-15(2,3)4)14(19(6)17-11)18(5)9-12(20)10-21-7/h12,16,20H,8-10H2,1-7H3. The van der Waals surface area contributed by atoms with E-state index in [1.54, 1.807) is 7.11 Å². The molecule has 1 aromatic rings. The summed E-state index contributed by atoms with van der Waals surface area (Å²) in [5, 5.41) is 17.9. The molecule has 0 aliphatic carbocycles. The van der Waals surface area contributed by atoms with Gasteiger partial charge in [-0.3, -0.25) is 4.68 Å². The molecular weight excluding hydrogens is 268 g/mol. The van der Waals surface area contributed by atoms with Gasteiger partial charge >= 0.3 is 0 Å². The van der Waals surface area contributed by atoms with E-state index in [-0.39, 0.29) is 5.54 Å². The molecule has 0 fully saturated rings. The lowest BCUT2D eigenvalue weighted by molar-refractivity contribution is 0.0693. The topological polar surface area (TPSA) is 62.6 Å². The number of ether oxygens (including phenoxy) is 1. The summed E-state index contributed by atoms with van der Waals surface area (Å²) in [5.41, 5.74) is 2.23. The van der Waals surface area contributed by atoms with E-state index in [9.17, 15) is 5.11 Å². The largest absolute Gasteiger partial charge is 0.389 e. The van der Waals surface area contributed by atoms with Gasteiger partial charge in [-0.1, -0.05) is 0 Å². The molecule has 0 spiro atoms. The summed E-state index contributed by atoms with van der Waals surface area (Å²) in [6.07, 6.45) is -0.515. The minimum Gasteiger partial charge on any atom is -0.389 e. The van der Waals surface area contributed by atoms with Gasteiger partial charge in [-0.05, 0) is 27.7 Å². The summed E-state index contributed by atoms with van der Waals surface area (Å²) in [5.74, 6) is 1.03. The lowest BCUT2D eigenvalue weighted by Crippen LogP contribution is -2.37. The molecule has 0 aliphatic heterocycles. The maximum atomic E-state index is 9.92. The fourth-order valence-electron chi connectivity index (χ4n) is 2.38. The summed E-state index contributed by atoms with van der Waals surface area (Å²) in [7, 11) is 5.49. The number of likely N-dealkylation sites (N-methyl/N-ethyl adjacent to an activating group) is 1. The van der Waals surface area contributed by atoms with Gasteiger partial charge in [-0.25, -0.2) is 0 Å². The van der Waals surface area contributed by atoms with Crippen LogP contribution >= 0.6 is 0 Å². The molecule has 0 aromatic carbocycles. The molecule has 1 rings (SSSR count). The summed E-state index contributed by atoms with van der Waals surface area (Å²) in [6.45, 7) is 10.0. The predicted octanol–water partition coefficient (Wildman–Crippen LogP) is 1.06. The molecule has 1 aromatic heterocycles. The zero-order chi connectivity index (χ0) is 16.2. The molecule has 0 saturated heterocycles. The second-order valence-corrected chi connectivity index (χ2v) is 6.60. The van der Waals surface area contributed by atoms with Gasteiger partial charge in [0.05, 0.1) is 18.4 Å². The van der Waals surface area contributed by atoms with Crippen molar-refractivity contribution in [1.29, 1.82) is 0 Å². The first-order valence-electron chi connectivity index (χ1n) is 7.31. The van der Waals surface area contributed by atoms with Gasteiger partial charge in [0.2, 0.25) is 0 Å². The van der Waals surface area contributed by atoms with Crippen LogP contribution in [-0.4, -0.2) is 53.8 Å². The van der Waals surface area contributed by atoms with Crippen molar-refractivity contribution in [2.45, 2.75) is 45.9 Å². The van der Waals surface area contributed by atoms with Gasteiger partial charge in [-0.2, -0.15) is 5.10 Å². The Labute approximate surface area is 128 Å². The lowest BCUT2D eigenvalue weighted by atomic mass is 10.1. The van der Waals surface area contributed by atoms with E-state index in [1.807, 2.05) is 30.6 Å². The lowest BCUT2D eigenvalue weighted by Gasteiger charge is -2.25. The predicted molar refractivity (Wildman–Crippen MR) is 85.7 cm³/mol. The minimum atomic E-state index is -0.515. The molecule has 0 aliphatic rings. The highest BCUT2D eigenvalue weighted by Gasteiger charge is 2.20. The first-order valence-corrected chi connectivity index (χ1v) is 7.31. The Morgan fingerprint density at radius 2 is 2.05 bits per heavy atom. The number of nitrogens with one attached hydrogen (secondary N) is 1. The zero-order valence-electron chi connectivity index (χ0n) is 14.4. The van der Waals surface area contributed by atoms with Crippen molar-refractivity contribution in [3.63, 3.8) is 0 Å². The fourth-order valence-corrected chi connectivity index (χ4v) is 2.38. The first kappa shape index (κ1) is 17.9. The van der Waals surface area contributed by atoms with Crippen molar-refractivity contribution >= 4 is 5.82 Å². The van der Waals surface area contributed by atoms with Crippen LogP contribution in [-0.2, 0) is 18.3 Å². The van der Waals surface area contributed by atoms with Gasteiger partial charge in [0.15, 0.2) is 0 Å². The Kier molecular flexibility index (Phi) is 6.19. The van der Waals surface area contributed by atoms with E-state index >= 15 is 0 Å². The van der Waals surface area contributed by atoms with E-state index < -0.39 is 6.10 Å². The average molecular weight is 298 g/mol. The SMILES string of the molecule is COCC(O)CN(C)c1c(CNC(C)(C)C)c(C)nn1C. The number of methoxy groups -OCH3 is 1. The number of aromatic nitrogens is 2. The number of aliphatic hydroxyl groups excluding tert-OH is 1. The quantitative estimate of drug-likeness (QED) is 0.788. The number of nitrogens with zero attached hydrogens (tertiary/aromatic N) is 3. The Morgan fingerprint density at radius 1 is 1.43 bits per heavy atom. The number of rotatable bonds is 7. The number of aliphatic hydroxyl groups is 1. The molecule has 2 N–H and O–H groups in total. The molecule has 1 unspecified atom stereocenters. The fraction of sp³-hybridized carbons (Fsp3) is 0.800. The molecule has 21 heavy (non-hydrogen) atoms. The smallest absolute Gasteiger partial charge is 0.131 e. The maximum absolute atomic E-state index is 9.92. The summed E-state index contributed by atoms with van der Waals surface area (Å²) in [4.78, 5) is 2.03. The summed E-state index contributed by atoms with van der Waals surface area (Å²) in [6, 6.07) is 0. The average Bonchev–Trinajstić information content (AvgIpc) is 2.60. The van der Waals surface area contributed by atoms with Crippen LogP contribution in [0.3, 0.4) is 0 Å². The van der Waals surface area contributed by atoms with Crippen LogP contribution in [0.4, 0.5) is 5.82 Å². The van der Waals surface area contributed by atoms with Crippen LogP contribution in [0, 0.1) is 6.92 Å². The van der Waals surface area contributed by atoms with Gasteiger partial charge in [0, 0.05) is 45.4 Å². The highest BCUT2D eigenvalue weighted by atomic mass is 16.5. The molecule has 6 heteroatoms. The summed E-state index contributed by atoms with van der Waals surface area (Å²) < 4.78 is 6.86. The number of hydrogen-bond donors (Lipinski definition) is 2. The molecular formula is C15H30N4O2. The minimum absolute atomic E-state index is 0.0493. The second-order valence-electron chi connectivity index (χ2n) is 6.60. The normalized spacial score (nSPS) is 13.5. The Balaban J connectivity index is 2.90. The van der Waals surface area contributed by atoms with E-state index in [2.05, 4.69) is 31.2 Å². The molecule has 1 atom stereocenters. The third-order valence-electron chi connectivity index (χ3n) is 3.31. The highest BCUT2D eigenvalue weighted by molar-refractivity contribution is 5.49. The molecule has 1 heterocycles. The highest BCUT2D eigenvalue weighted by Crippen LogP contribution is 2.23. The zero-order valence-corrected chi connectivity index (χ0v) is 14.4. The van der Waals surface area contributed by atoms with Gasteiger partial charge in [0.1, 0.15) is 5.82 Å². The van der Waals surface area contributed by atoms with E-state index in [0.717, 1.165) is 18.1 Å². The van der Waals surface area contributed by atoms with E-state index in [4.69, 9.17) is 4.74 Å². The maximum Gasteiger partial charge on any atom is 0.131 e. The van der Waals surface area contributed by atoms with Crippen molar-refractivity contribution in [3.05, 3.63) is 11.3 Å². The van der Waals surface area contributed by atoms with Crippen LogP contribution in [0.2, 0.25) is 0 Å². The molecule has 0 saturated carbocycles. The van der Waals surface area contributed by atoms with Gasteiger partial charge in [-0.15, -0.1) is 0 Å². The Hall–Kier alpha value is -1.11. The third kappa shape index (κ3) is 5.30. The van der Waals surface area contributed by atoms with Crippen LogP contribution in [0.15, 0.2) is 0 Å².